The topological polar surface area (TPSA) is 68.3 Å². The molecular formula is C26H30N2O5. The molecule has 0 aliphatic carbocycles. The molecule has 2 aromatic carbocycles. The first-order chi connectivity index (χ1) is 15.9. The molecule has 2 unspecified atom stereocenters. The van der Waals surface area contributed by atoms with E-state index < -0.39 is 0 Å². The van der Waals surface area contributed by atoms with Gasteiger partial charge < -0.3 is 19.1 Å². The van der Waals surface area contributed by atoms with Crippen LogP contribution in [0.15, 0.2) is 48.2 Å². The van der Waals surface area contributed by atoms with Crippen molar-refractivity contribution in [3.63, 3.8) is 0 Å². The molecule has 2 heterocycles. The highest BCUT2D eigenvalue weighted by molar-refractivity contribution is 6.45. The predicted molar refractivity (Wildman–Crippen MR) is 126 cm³/mol. The fraction of sp³-hybridized carbons (Fsp3) is 0.385. The third-order valence-electron chi connectivity index (χ3n) is 6.07. The number of anilines is 1. The molecule has 2 aromatic rings. The monoisotopic (exact) mass is 450 g/mol. The van der Waals surface area contributed by atoms with Crippen molar-refractivity contribution in [1.82, 2.24) is 4.90 Å². The Morgan fingerprint density at radius 3 is 2.12 bits per heavy atom. The van der Waals surface area contributed by atoms with Gasteiger partial charge in [-0.25, -0.2) is 4.90 Å². The van der Waals surface area contributed by atoms with Crippen LogP contribution in [0, 0.1) is 0 Å². The Kier molecular flexibility index (Phi) is 6.42. The number of methoxy groups -OCH3 is 2. The Balaban J connectivity index is 1.84. The van der Waals surface area contributed by atoms with Gasteiger partial charge in [-0.2, -0.15) is 0 Å². The Morgan fingerprint density at radius 2 is 1.55 bits per heavy atom. The number of aryl methyl sites for hydroxylation is 1. The van der Waals surface area contributed by atoms with Gasteiger partial charge in [-0.05, 0) is 55.7 Å². The second kappa shape index (κ2) is 9.27. The van der Waals surface area contributed by atoms with Crippen LogP contribution in [-0.4, -0.2) is 56.2 Å². The van der Waals surface area contributed by atoms with Gasteiger partial charge in [0.1, 0.15) is 5.70 Å². The van der Waals surface area contributed by atoms with Crippen LogP contribution in [0.4, 0.5) is 5.69 Å². The Morgan fingerprint density at radius 1 is 0.909 bits per heavy atom. The van der Waals surface area contributed by atoms with Gasteiger partial charge in [-0.15, -0.1) is 0 Å². The summed E-state index contributed by atoms with van der Waals surface area (Å²) in [4.78, 5) is 30.8. The molecule has 174 valence electrons. The number of morpholine rings is 1. The quantitative estimate of drug-likeness (QED) is 0.626. The van der Waals surface area contributed by atoms with Gasteiger partial charge in [0.05, 0.1) is 37.7 Å². The van der Waals surface area contributed by atoms with Crippen LogP contribution in [0.1, 0.15) is 31.9 Å². The number of rotatable bonds is 6. The van der Waals surface area contributed by atoms with E-state index in [-0.39, 0.29) is 24.0 Å². The highest BCUT2D eigenvalue weighted by Gasteiger charge is 2.44. The molecular weight excluding hydrogens is 420 g/mol. The Bertz CT molecular complexity index is 1080. The van der Waals surface area contributed by atoms with Gasteiger partial charge >= 0.3 is 0 Å². The fourth-order valence-electron chi connectivity index (χ4n) is 4.54. The highest BCUT2D eigenvalue weighted by atomic mass is 16.5. The van der Waals surface area contributed by atoms with Gasteiger partial charge in [0, 0.05) is 13.1 Å². The number of carbonyl (C=O) groups excluding carboxylic acids is 2. The average molecular weight is 451 g/mol. The van der Waals surface area contributed by atoms with E-state index in [9.17, 15) is 9.59 Å². The number of ether oxygens (including phenoxy) is 3. The molecule has 2 aliphatic heterocycles. The molecule has 2 atom stereocenters. The van der Waals surface area contributed by atoms with Gasteiger partial charge in [-0.3, -0.25) is 9.59 Å². The van der Waals surface area contributed by atoms with Crippen LogP contribution in [0.3, 0.4) is 0 Å². The molecule has 0 radical (unpaired) electrons. The number of carbonyl (C=O) groups is 2. The molecule has 4 rings (SSSR count). The Hall–Kier alpha value is -3.32. The molecule has 7 heteroatoms. The summed E-state index contributed by atoms with van der Waals surface area (Å²) in [6, 6.07) is 12.8. The third kappa shape index (κ3) is 4.20. The smallest absolute Gasteiger partial charge is 0.282 e. The van der Waals surface area contributed by atoms with E-state index in [4.69, 9.17) is 14.2 Å². The van der Waals surface area contributed by atoms with Crippen LogP contribution >= 0.6 is 0 Å². The second-order valence-corrected chi connectivity index (χ2v) is 8.42. The summed E-state index contributed by atoms with van der Waals surface area (Å²) < 4.78 is 16.7. The zero-order valence-corrected chi connectivity index (χ0v) is 19.8. The van der Waals surface area contributed by atoms with Gasteiger partial charge in [0.2, 0.25) is 0 Å². The molecule has 0 spiro atoms. The van der Waals surface area contributed by atoms with Gasteiger partial charge in [0.15, 0.2) is 11.5 Å². The van der Waals surface area contributed by atoms with E-state index in [1.54, 1.807) is 32.4 Å². The summed E-state index contributed by atoms with van der Waals surface area (Å²) in [7, 11) is 3.11. The zero-order chi connectivity index (χ0) is 23.7. The number of hydrogen-bond acceptors (Lipinski definition) is 6. The third-order valence-corrected chi connectivity index (χ3v) is 6.07. The molecule has 0 bridgehead atoms. The van der Waals surface area contributed by atoms with Crippen LogP contribution in [0.25, 0.3) is 5.57 Å². The summed E-state index contributed by atoms with van der Waals surface area (Å²) in [6.07, 6.45) is 0.758. The van der Waals surface area contributed by atoms with Crippen molar-refractivity contribution in [2.75, 3.05) is 32.2 Å². The van der Waals surface area contributed by atoms with Gasteiger partial charge in [-0.1, -0.05) is 25.1 Å². The van der Waals surface area contributed by atoms with Crippen LogP contribution in [0.2, 0.25) is 0 Å². The summed E-state index contributed by atoms with van der Waals surface area (Å²) >= 11 is 0. The number of amides is 2. The molecule has 0 aromatic heterocycles. The standard InChI is InChI=1S/C26H30N2O5/c1-6-18-7-10-20(11-8-18)28-25(29)23(19-9-12-21(31-4)22(13-19)32-5)24(26(28)30)27-14-16(2)33-17(3)15-27/h7-13,16-17H,6,14-15H2,1-5H3. The van der Waals surface area contributed by atoms with Crippen molar-refractivity contribution in [1.29, 1.82) is 0 Å². The van der Waals surface area contributed by atoms with Crippen molar-refractivity contribution in [2.24, 2.45) is 0 Å². The SMILES string of the molecule is CCc1ccc(N2C(=O)C(c3ccc(OC)c(OC)c3)=C(N3CC(C)OC(C)C3)C2=O)cc1. The first kappa shape index (κ1) is 22.9. The van der Waals surface area contributed by atoms with Crippen molar-refractivity contribution in [3.05, 3.63) is 59.3 Å². The maximum Gasteiger partial charge on any atom is 0.282 e. The summed E-state index contributed by atoms with van der Waals surface area (Å²) in [5, 5.41) is 0. The van der Waals surface area contributed by atoms with Crippen molar-refractivity contribution in [3.8, 4) is 11.5 Å². The minimum absolute atomic E-state index is 0.0614. The Labute approximate surface area is 194 Å². The van der Waals surface area contributed by atoms with E-state index in [0.717, 1.165) is 12.0 Å². The lowest BCUT2D eigenvalue weighted by Gasteiger charge is -2.37. The summed E-state index contributed by atoms with van der Waals surface area (Å²) in [6.45, 7) is 7.07. The molecule has 33 heavy (non-hydrogen) atoms. The average Bonchev–Trinajstić information content (AvgIpc) is 3.07. The number of imide groups is 1. The van der Waals surface area contributed by atoms with Crippen molar-refractivity contribution < 1.29 is 23.8 Å². The summed E-state index contributed by atoms with van der Waals surface area (Å²) in [5.74, 6) is 0.381. The number of benzene rings is 2. The number of hydrogen-bond donors (Lipinski definition) is 0. The second-order valence-electron chi connectivity index (χ2n) is 8.42. The fourth-order valence-corrected chi connectivity index (χ4v) is 4.54. The van der Waals surface area contributed by atoms with E-state index in [1.807, 2.05) is 43.0 Å². The van der Waals surface area contributed by atoms with Gasteiger partial charge in [0.25, 0.3) is 11.8 Å². The lowest BCUT2D eigenvalue weighted by Crippen LogP contribution is -2.47. The van der Waals surface area contributed by atoms with Crippen LogP contribution in [0.5, 0.6) is 11.5 Å². The summed E-state index contributed by atoms with van der Waals surface area (Å²) in [5.41, 5.74) is 3.07. The van der Waals surface area contributed by atoms with E-state index in [0.29, 0.717) is 47.1 Å². The molecule has 1 fully saturated rings. The zero-order valence-electron chi connectivity index (χ0n) is 19.8. The minimum Gasteiger partial charge on any atom is -0.493 e. The molecule has 2 aliphatic rings. The van der Waals surface area contributed by atoms with E-state index >= 15 is 0 Å². The molecule has 2 amide bonds. The normalized spacial score (nSPS) is 21.1. The lowest BCUT2D eigenvalue weighted by atomic mass is 10.0. The molecule has 1 saturated heterocycles. The maximum absolute atomic E-state index is 13.8. The first-order valence-corrected chi connectivity index (χ1v) is 11.2. The largest absolute Gasteiger partial charge is 0.493 e. The van der Waals surface area contributed by atoms with Crippen LogP contribution in [-0.2, 0) is 20.7 Å². The highest BCUT2D eigenvalue weighted by Crippen LogP contribution is 2.38. The van der Waals surface area contributed by atoms with Crippen molar-refractivity contribution in [2.45, 2.75) is 39.4 Å². The molecule has 7 nitrogen and oxygen atoms in total. The van der Waals surface area contributed by atoms with E-state index in [1.165, 1.54) is 4.90 Å². The maximum atomic E-state index is 13.8. The molecule has 0 N–H and O–H groups in total. The van der Waals surface area contributed by atoms with E-state index in [2.05, 4.69) is 6.92 Å². The minimum atomic E-state index is -0.349. The van der Waals surface area contributed by atoms with Crippen molar-refractivity contribution >= 4 is 23.1 Å². The number of nitrogens with zero attached hydrogens (tertiary/aromatic N) is 2. The molecule has 0 saturated carbocycles. The predicted octanol–water partition coefficient (Wildman–Crippen LogP) is 3.66. The lowest BCUT2D eigenvalue weighted by molar-refractivity contribution is -0.121. The van der Waals surface area contributed by atoms with Crippen LogP contribution < -0.4 is 14.4 Å². The first-order valence-electron chi connectivity index (χ1n) is 11.2.